The molecule has 0 saturated heterocycles. The molecule has 0 bridgehead atoms. The number of phenols is 1. The summed E-state index contributed by atoms with van der Waals surface area (Å²) in [6.07, 6.45) is 1.49. The molecular formula is C26H22Cl4N4O3. The van der Waals surface area contributed by atoms with Crippen LogP contribution < -0.4 is 4.74 Å². The first-order chi connectivity index (χ1) is 17.8. The lowest BCUT2D eigenvalue weighted by atomic mass is 10.1. The minimum Gasteiger partial charge on any atom is -0.505 e. The molecule has 11 heteroatoms. The van der Waals surface area contributed by atoms with Crippen molar-refractivity contribution in [3.63, 3.8) is 0 Å². The van der Waals surface area contributed by atoms with Gasteiger partial charge in [0.25, 0.3) is 0 Å². The van der Waals surface area contributed by atoms with Crippen LogP contribution in [0.4, 0.5) is 0 Å². The van der Waals surface area contributed by atoms with E-state index in [0.717, 1.165) is 16.7 Å². The molecule has 4 aromatic rings. The Morgan fingerprint density at radius 1 is 0.838 bits per heavy atom. The molecule has 0 saturated carbocycles. The fourth-order valence-corrected chi connectivity index (χ4v) is 4.46. The van der Waals surface area contributed by atoms with Crippen molar-refractivity contribution < 1.29 is 14.9 Å². The number of ether oxygens (including phenoxy) is 1. The smallest absolute Gasteiger partial charge is 0.336 e. The van der Waals surface area contributed by atoms with Gasteiger partial charge in [-0.15, -0.1) is 5.10 Å². The van der Waals surface area contributed by atoms with Crippen molar-refractivity contribution in [1.82, 2.24) is 20.1 Å². The van der Waals surface area contributed by atoms with Gasteiger partial charge in [-0.1, -0.05) is 87.9 Å². The van der Waals surface area contributed by atoms with Crippen molar-refractivity contribution in [2.24, 2.45) is 0 Å². The monoisotopic (exact) mass is 578 g/mol. The zero-order valence-corrected chi connectivity index (χ0v) is 22.4. The number of aromatic hydroxyl groups is 1. The summed E-state index contributed by atoms with van der Waals surface area (Å²) >= 11 is 24.4. The summed E-state index contributed by atoms with van der Waals surface area (Å²) in [4.78, 5) is 6.28. The minimum absolute atomic E-state index is 0.0315. The Bertz CT molecular complexity index is 1330. The van der Waals surface area contributed by atoms with Crippen LogP contribution in [0.1, 0.15) is 16.7 Å². The van der Waals surface area contributed by atoms with Crippen LogP contribution in [-0.4, -0.2) is 43.4 Å². The maximum Gasteiger partial charge on any atom is 0.336 e. The van der Waals surface area contributed by atoms with E-state index in [0.29, 0.717) is 40.9 Å². The van der Waals surface area contributed by atoms with Gasteiger partial charge in [0.05, 0.1) is 32.9 Å². The number of hydrogen-bond acceptors (Lipinski definition) is 7. The van der Waals surface area contributed by atoms with Gasteiger partial charge in [0.2, 0.25) is 0 Å². The molecule has 0 spiro atoms. The third-order valence-corrected chi connectivity index (χ3v) is 6.93. The van der Waals surface area contributed by atoms with E-state index in [1.165, 1.54) is 18.3 Å². The average molecular weight is 580 g/mol. The van der Waals surface area contributed by atoms with Crippen molar-refractivity contribution >= 4 is 46.4 Å². The van der Waals surface area contributed by atoms with Crippen molar-refractivity contribution in [3.8, 4) is 23.0 Å². The highest BCUT2D eigenvalue weighted by Gasteiger charge is 2.12. The van der Waals surface area contributed by atoms with E-state index < -0.39 is 0 Å². The summed E-state index contributed by atoms with van der Waals surface area (Å²) < 4.78 is 5.66. The molecule has 0 fully saturated rings. The normalized spacial score (nSPS) is 11.2. The van der Waals surface area contributed by atoms with E-state index in [1.54, 1.807) is 6.07 Å². The van der Waals surface area contributed by atoms with Crippen LogP contribution in [0.25, 0.3) is 11.3 Å². The van der Waals surface area contributed by atoms with Gasteiger partial charge in [-0.05, 0) is 34.9 Å². The first kappa shape index (κ1) is 27.4. The molecular weight excluding hydrogens is 558 g/mol. The fraction of sp³-hybridized carbons (Fsp3) is 0.192. The maximum atomic E-state index is 9.71. The predicted octanol–water partition coefficient (Wildman–Crippen LogP) is 6.43. The first-order valence-corrected chi connectivity index (χ1v) is 12.7. The number of hydrogen-bond donors (Lipinski definition) is 2. The number of benzene rings is 3. The second-order valence-electron chi connectivity index (χ2n) is 8.17. The Morgan fingerprint density at radius 2 is 1.54 bits per heavy atom. The zero-order valence-electron chi connectivity index (χ0n) is 19.4. The van der Waals surface area contributed by atoms with E-state index in [2.05, 4.69) is 20.1 Å². The van der Waals surface area contributed by atoms with Crippen molar-refractivity contribution in [2.75, 3.05) is 13.2 Å². The van der Waals surface area contributed by atoms with Crippen LogP contribution in [0.3, 0.4) is 0 Å². The van der Waals surface area contributed by atoms with Gasteiger partial charge in [-0.2, -0.15) is 0 Å². The Morgan fingerprint density at radius 3 is 2.19 bits per heavy atom. The first-order valence-electron chi connectivity index (χ1n) is 11.2. The molecule has 0 radical (unpaired) electrons. The number of phenolic OH excluding ortho intramolecular Hbond substituents is 1. The molecule has 3 aromatic carbocycles. The van der Waals surface area contributed by atoms with E-state index >= 15 is 0 Å². The predicted molar refractivity (Wildman–Crippen MR) is 145 cm³/mol. The third-order valence-electron chi connectivity index (χ3n) is 5.49. The summed E-state index contributed by atoms with van der Waals surface area (Å²) in [7, 11) is 0. The fourth-order valence-electron chi connectivity index (χ4n) is 3.59. The lowest BCUT2D eigenvalue weighted by molar-refractivity contribution is 0.184. The minimum atomic E-state index is -0.189. The van der Waals surface area contributed by atoms with Crippen molar-refractivity contribution in [2.45, 2.75) is 19.7 Å². The molecule has 0 unspecified atom stereocenters. The van der Waals surface area contributed by atoms with Gasteiger partial charge in [-0.3, -0.25) is 4.90 Å². The number of rotatable bonds is 10. The molecule has 1 aromatic heterocycles. The van der Waals surface area contributed by atoms with Crippen LogP contribution in [0.5, 0.6) is 11.8 Å². The second-order valence-corrected chi connectivity index (χ2v) is 9.77. The van der Waals surface area contributed by atoms with Crippen LogP contribution in [0.2, 0.25) is 20.1 Å². The third kappa shape index (κ3) is 7.23. The van der Waals surface area contributed by atoms with Crippen molar-refractivity contribution in [1.29, 1.82) is 0 Å². The average Bonchev–Trinajstić information content (AvgIpc) is 2.89. The van der Waals surface area contributed by atoms with Crippen LogP contribution in [0, 0.1) is 0 Å². The van der Waals surface area contributed by atoms with Crippen LogP contribution >= 0.6 is 46.4 Å². The standard InChI is InChI=1S/C26H22Cl4N4O3/c27-20-3-1-2-18(24(20)30)14-34(8-9-35)13-16-4-6-17(7-5-16)15-37-26-31-12-23(32-33-26)19-10-21(28)25(36)22(29)11-19/h1-7,10-12,35-36H,8-9,13-15H2. The Hall–Kier alpha value is -2.65. The van der Waals surface area contributed by atoms with Gasteiger partial charge in [0.1, 0.15) is 12.3 Å². The highest BCUT2D eigenvalue weighted by atomic mass is 35.5. The van der Waals surface area contributed by atoms with Crippen LogP contribution in [-0.2, 0) is 19.7 Å². The molecule has 1 heterocycles. The van der Waals surface area contributed by atoms with Gasteiger partial charge in [0.15, 0.2) is 5.75 Å². The highest BCUT2D eigenvalue weighted by Crippen LogP contribution is 2.35. The molecule has 0 aliphatic rings. The van der Waals surface area contributed by atoms with Gasteiger partial charge in [-0.25, -0.2) is 4.98 Å². The Labute approximate surface area is 234 Å². The molecule has 0 aliphatic heterocycles. The number of nitrogens with zero attached hydrogens (tertiary/aromatic N) is 4. The lowest BCUT2D eigenvalue weighted by Gasteiger charge is -2.22. The maximum absolute atomic E-state index is 9.71. The van der Waals surface area contributed by atoms with Crippen LogP contribution in [0.15, 0.2) is 60.8 Å². The molecule has 0 amide bonds. The second kappa shape index (κ2) is 12.7. The highest BCUT2D eigenvalue weighted by molar-refractivity contribution is 6.42. The number of aliphatic hydroxyl groups is 1. The Balaban J connectivity index is 1.35. The molecule has 192 valence electrons. The molecule has 0 aliphatic carbocycles. The van der Waals surface area contributed by atoms with Crippen molar-refractivity contribution in [3.05, 3.63) is 97.6 Å². The van der Waals surface area contributed by atoms with E-state index in [9.17, 15) is 10.2 Å². The van der Waals surface area contributed by atoms with Gasteiger partial charge < -0.3 is 14.9 Å². The molecule has 2 N–H and O–H groups in total. The SMILES string of the molecule is OCCN(Cc1ccc(COc2ncc(-c3cc(Cl)c(O)c(Cl)c3)nn2)cc1)Cc1cccc(Cl)c1Cl. The van der Waals surface area contributed by atoms with Gasteiger partial charge in [0, 0.05) is 25.2 Å². The lowest BCUT2D eigenvalue weighted by Crippen LogP contribution is -2.26. The zero-order chi connectivity index (χ0) is 26.4. The summed E-state index contributed by atoms with van der Waals surface area (Å²) in [5.41, 5.74) is 3.92. The number of aromatic nitrogens is 3. The Kier molecular flexibility index (Phi) is 9.43. The quantitative estimate of drug-likeness (QED) is 0.223. The molecule has 37 heavy (non-hydrogen) atoms. The summed E-state index contributed by atoms with van der Waals surface area (Å²) in [5.74, 6) is -0.189. The van der Waals surface area contributed by atoms with Gasteiger partial charge >= 0.3 is 6.01 Å². The largest absolute Gasteiger partial charge is 0.505 e. The summed E-state index contributed by atoms with van der Waals surface area (Å²) in [6.45, 7) is 1.98. The number of aliphatic hydroxyl groups excluding tert-OH is 1. The number of halogens is 4. The topological polar surface area (TPSA) is 91.6 Å². The summed E-state index contributed by atoms with van der Waals surface area (Å²) in [5, 5.41) is 28.6. The van der Waals surface area contributed by atoms with E-state index in [1.807, 2.05) is 36.4 Å². The molecule has 4 rings (SSSR count). The molecule has 0 atom stereocenters. The molecule has 7 nitrogen and oxygen atoms in total. The van der Waals surface area contributed by atoms with E-state index in [-0.39, 0.29) is 35.0 Å². The summed E-state index contributed by atoms with van der Waals surface area (Å²) in [6, 6.07) is 16.6. The van der Waals surface area contributed by atoms with E-state index in [4.69, 9.17) is 51.1 Å².